The highest BCUT2D eigenvalue weighted by molar-refractivity contribution is 6.74. The number of esters is 4. The van der Waals surface area contributed by atoms with Crippen molar-refractivity contribution < 1.29 is 71.5 Å². The minimum atomic E-state index is -2.97. The molecule has 17 heteroatoms. The minimum absolute atomic E-state index is 0.0289. The highest BCUT2D eigenvalue weighted by atomic mass is 28.4. The summed E-state index contributed by atoms with van der Waals surface area (Å²) < 4.78 is 45.0. The van der Waals surface area contributed by atoms with E-state index in [4.69, 9.17) is 32.8 Å². The first-order valence-corrected chi connectivity index (χ1v) is 29.8. The maximum Gasteiger partial charge on any atom is 0.508 e. The van der Waals surface area contributed by atoms with E-state index in [1.165, 1.54) is 26.0 Å². The van der Waals surface area contributed by atoms with Gasteiger partial charge in [0.2, 0.25) is 0 Å². The molecule has 420 valence electrons. The first kappa shape index (κ1) is 58.2. The summed E-state index contributed by atoms with van der Waals surface area (Å²) in [6.45, 7) is 18.5. The number of hydrogen-bond donors (Lipinski definition) is 2. The molecule has 0 radical (unpaired) electrons. The molecule has 16 nitrogen and oxygen atoms in total. The van der Waals surface area contributed by atoms with Gasteiger partial charge in [-0.2, -0.15) is 0 Å². The van der Waals surface area contributed by atoms with E-state index in [2.05, 4.69) is 5.32 Å². The second kappa shape index (κ2) is 22.3. The van der Waals surface area contributed by atoms with Gasteiger partial charge in [-0.05, 0) is 97.8 Å². The lowest BCUT2D eigenvalue weighted by molar-refractivity contribution is -0.297. The maximum atomic E-state index is 16.5. The van der Waals surface area contributed by atoms with Crippen LogP contribution in [0.15, 0.2) is 132 Å². The fourth-order valence-electron chi connectivity index (χ4n) is 12.3. The van der Waals surface area contributed by atoms with Crippen LogP contribution in [-0.2, 0) is 58.6 Å². The summed E-state index contributed by atoms with van der Waals surface area (Å²) in [5, 5.41) is 17.0. The van der Waals surface area contributed by atoms with Gasteiger partial charge in [0, 0.05) is 37.2 Å². The molecule has 0 aromatic heterocycles. The van der Waals surface area contributed by atoms with Crippen LogP contribution in [0, 0.1) is 22.7 Å². The third-order valence-corrected chi connectivity index (χ3v) is 22.1. The third kappa shape index (κ3) is 11.1. The maximum absolute atomic E-state index is 16.5. The number of amides is 1. The molecule has 8 rings (SSSR count). The molecule has 0 spiro atoms. The van der Waals surface area contributed by atoms with Gasteiger partial charge in [0.05, 0.1) is 22.9 Å². The van der Waals surface area contributed by atoms with Crippen LogP contribution in [-0.4, -0.2) is 96.9 Å². The average Bonchev–Trinajstić information content (AvgIpc) is 1.90. The first-order valence-electron chi connectivity index (χ1n) is 26.9. The SMILES string of the molecule is CC(=O)O[C@H]1C(=O)[C@]2(C)[C@@H](OC(=O)OCc3ccccc3)CC3CC[C@@]3(OC(C)=O)[C@H]2[C@H](OC(=O)c2ccccc2)[C@]2(O)C[C@H](OC(=O)[C@H](O[Si](C)(C)C(C)(C)C)[C@@H](NC(=O)c3ccccc3)c3ccccc3)C(C)=C1C2(C)C. The molecule has 2 bridgehead atoms. The van der Waals surface area contributed by atoms with E-state index in [9.17, 15) is 29.1 Å². The lowest BCUT2D eigenvalue weighted by Gasteiger charge is -2.68. The number of ether oxygens (including phenoxy) is 6. The van der Waals surface area contributed by atoms with E-state index in [1.54, 1.807) is 124 Å². The van der Waals surface area contributed by atoms with Crippen molar-refractivity contribution in [1.82, 2.24) is 5.32 Å². The molecule has 1 amide bonds. The Labute approximate surface area is 463 Å². The van der Waals surface area contributed by atoms with E-state index >= 15 is 9.59 Å². The molecule has 1 unspecified atom stereocenters. The van der Waals surface area contributed by atoms with Crippen LogP contribution in [0.5, 0.6) is 0 Å². The number of carbonyl (C=O) groups is 7. The number of benzene rings is 4. The van der Waals surface area contributed by atoms with Crippen molar-refractivity contribution in [1.29, 1.82) is 0 Å². The van der Waals surface area contributed by atoms with Gasteiger partial charge in [-0.1, -0.05) is 132 Å². The molecule has 11 atom stereocenters. The Morgan fingerprint density at radius 1 is 0.759 bits per heavy atom. The summed E-state index contributed by atoms with van der Waals surface area (Å²) in [4.78, 5) is 102. The number of nitrogens with one attached hydrogen (secondary N) is 1. The van der Waals surface area contributed by atoms with Crippen LogP contribution >= 0.6 is 0 Å². The number of rotatable bonds is 15. The standard InChI is InChI=1S/C62H73NO15Si/c1-37-45(74-56(69)50(78-79(10,11)58(4,5)6)48(41-26-18-13-19-27-41)63-54(67)42-28-20-14-21-29-42)35-62(71)53(76-55(68)43-30-22-15-23-31-43)51-60(9,52(66)49(73-38(2)64)47(37)59(62,7)8)46(34-44-32-33-61(44,51)77-39(3)65)75-57(70)72-36-40-24-16-12-17-25-40/h12-31,44-46,48-51,53,71H,32-36H2,1-11H3,(H,63,67)/t44?,45-,46-,48-,49+,50+,51-,53-,60+,61-,62+/m0/s1. The molecule has 0 aliphatic heterocycles. The Balaban J connectivity index is 1.33. The lowest BCUT2D eigenvalue weighted by atomic mass is 9.41. The molecule has 79 heavy (non-hydrogen) atoms. The second-order valence-electron chi connectivity index (χ2n) is 23.8. The summed E-state index contributed by atoms with van der Waals surface area (Å²) in [7, 11) is -2.97. The van der Waals surface area contributed by atoms with Crippen molar-refractivity contribution in [2.75, 3.05) is 0 Å². The molecular formula is C62H73NO15Si. The van der Waals surface area contributed by atoms with E-state index in [1.807, 2.05) is 39.9 Å². The van der Waals surface area contributed by atoms with Crippen molar-refractivity contribution in [2.45, 2.75) is 160 Å². The molecule has 3 saturated carbocycles. The van der Waals surface area contributed by atoms with Gasteiger partial charge in [0.1, 0.15) is 36.1 Å². The molecule has 4 aromatic carbocycles. The van der Waals surface area contributed by atoms with Crippen molar-refractivity contribution in [3.05, 3.63) is 155 Å². The van der Waals surface area contributed by atoms with Gasteiger partial charge in [0.25, 0.3) is 5.91 Å². The topological polar surface area (TPSA) is 216 Å². The van der Waals surface area contributed by atoms with Crippen molar-refractivity contribution in [3.8, 4) is 0 Å². The summed E-state index contributed by atoms with van der Waals surface area (Å²) in [6.07, 6.45) is -9.24. The van der Waals surface area contributed by atoms with E-state index in [-0.39, 0.29) is 36.2 Å². The summed E-state index contributed by atoms with van der Waals surface area (Å²) in [5.74, 6) is -6.96. The van der Waals surface area contributed by atoms with Crippen LogP contribution in [0.1, 0.15) is 126 Å². The monoisotopic (exact) mass is 1100 g/mol. The summed E-state index contributed by atoms with van der Waals surface area (Å²) >= 11 is 0. The summed E-state index contributed by atoms with van der Waals surface area (Å²) in [5.41, 5.74) is -6.03. The van der Waals surface area contributed by atoms with E-state index in [0.29, 0.717) is 23.1 Å². The van der Waals surface area contributed by atoms with Gasteiger partial charge in [0.15, 0.2) is 26.3 Å². The Hall–Kier alpha value is -6.95. The minimum Gasteiger partial charge on any atom is -0.458 e. The number of aliphatic hydroxyl groups is 1. The number of fused-ring (bicyclic) bond motifs is 5. The Morgan fingerprint density at radius 2 is 1.33 bits per heavy atom. The number of hydrogen-bond acceptors (Lipinski definition) is 15. The molecule has 4 aromatic rings. The number of Topliss-reactive ketones (excluding diaryl/α,β-unsaturated/α-hetero) is 1. The number of ketones is 1. The van der Waals surface area contributed by atoms with Gasteiger partial charge < -0.3 is 43.3 Å². The van der Waals surface area contributed by atoms with Crippen LogP contribution < -0.4 is 5.32 Å². The van der Waals surface area contributed by atoms with Crippen molar-refractivity contribution >= 4 is 50.0 Å². The van der Waals surface area contributed by atoms with Crippen LogP contribution in [0.2, 0.25) is 18.1 Å². The van der Waals surface area contributed by atoms with Crippen LogP contribution in [0.4, 0.5) is 4.79 Å². The zero-order chi connectivity index (χ0) is 57.5. The number of carbonyl (C=O) groups excluding carboxylic acids is 7. The van der Waals surface area contributed by atoms with Crippen LogP contribution in [0.25, 0.3) is 0 Å². The van der Waals surface area contributed by atoms with Crippen LogP contribution in [0.3, 0.4) is 0 Å². The van der Waals surface area contributed by atoms with Gasteiger partial charge >= 0.3 is 30.0 Å². The molecule has 3 fully saturated rings. The second-order valence-corrected chi connectivity index (χ2v) is 28.5. The molecule has 0 saturated heterocycles. The largest absolute Gasteiger partial charge is 0.508 e. The average molecular weight is 1100 g/mol. The first-order chi connectivity index (χ1) is 37.2. The molecule has 4 aliphatic carbocycles. The normalized spacial score (nSPS) is 27.8. The van der Waals surface area contributed by atoms with Crippen molar-refractivity contribution in [3.63, 3.8) is 0 Å². The quantitative estimate of drug-likeness (QED) is 0.0490. The fourth-order valence-corrected chi connectivity index (χ4v) is 13.6. The fraction of sp³-hybridized carbons (Fsp3) is 0.468. The zero-order valence-corrected chi connectivity index (χ0v) is 47.9. The predicted molar refractivity (Wildman–Crippen MR) is 292 cm³/mol. The zero-order valence-electron chi connectivity index (χ0n) is 46.9. The molecular weight excluding hydrogens is 1030 g/mol. The molecule has 0 heterocycles. The Bertz CT molecular complexity index is 2980. The van der Waals surface area contributed by atoms with Gasteiger partial charge in [-0.3, -0.25) is 19.2 Å². The highest BCUT2D eigenvalue weighted by Gasteiger charge is 2.78. The summed E-state index contributed by atoms with van der Waals surface area (Å²) in [6, 6.07) is 33.1. The van der Waals surface area contributed by atoms with Crippen molar-refractivity contribution in [2.24, 2.45) is 22.7 Å². The van der Waals surface area contributed by atoms with E-state index < -0.39 is 132 Å². The predicted octanol–water partition coefficient (Wildman–Crippen LogP) is 10.1. The highest BCUT2D eigenvalue weighted by Crippen LogP contribution is 2.68. The molecule has 2 N–H and O–H groups in total. The van der Waals surface area contributed by atoms with Gasteiger partial charge in [-0.25, -0.2) is 14.4 Å². The van der Waals surface area contributed by atoms with Gasteiger partial charge in [-0.15, -0.1) is 0 Å². The van der Waals surface area contributed by atoms with E-state index in [0.717, 1.165) is 6.92 Å². The third-order valence-electron chi connectivity index (χ3n) is 17.7. The lowest BCUT2D eigenvalue weighted by Crippen LogP contribution is -2.79. The molecule has 4 aliphatic rings. The Morgan fingerprint density at radius 3 is 1.87 bits per heavy atom. The Kier molecular flexibility index (Phi) is 16.4. The smallest absolute Gasteiger partial charge is 0.458 e.